The minimum Gasteiger partial charge on any atom is -0.265 e. The second kappa shape index (κ2) is 4.52. The first-order valence-corrected chi connectivity index (χ1v) is 6.10. The molecule has 0 aliphatic carbocycles. The highest BCUT2D eigenvalue weighted by molar-refractivity contribution is 7.89. The summed E-state index contributed by atoms with van der Waals surface area (Å²) in [4.78, 5) is 3.87. The minimum absolute atomic E-state index is 0.0996. The smallest absolute Gasteiger partial charge is 0.211 e. The van der Waals surface area contributed by atoms with Gasteiger partial charge in [0.1, 0.15) is 0 Å². The van der Waals surface area contributed by atoms with Crippen molar-refractivity contribution in [3.8, 4) is 0 Å². The second-order valence-corrected chi connectivity index (χ2v) is 5.07. The lowest BCUT2D eigenvalue weighted by Crippen LogP contribution is -2.28. The lowest BCUT2D eigenvalue weighted by molar-refractivity contribution is 0.568. The molecule has 0 unspecified atom stereocenters. The summed E-state index contributed by atoms with van der Waals surface area (Å²) in [6.07, 6.45) is 3.29. The zero-order chi connectivity index (χ0) is 10.6. The van der Waals surface area contributed by atoms with Crippen LogP contribution in [0.3, 0.4) is 0 Å². The van der Waals surface area contributed by atoms with Crippen LogP contribution in [0.2, 0.25) is 0 Å². The van der Waals surface area contributed by atoms with Crippen LogP contribution in [0.15, 0.2) is 24.5 Å². The predicted octanol–water partition coefficient (Wildman–Crippen LogP) is 1.08. The van der Waals surface area contributed by atoms with Crippen LogP contribution in [0.1, 0.15) is 25.5 Å². The molecule has 0 amide bonds. The Hall–Kier alpha value is -0.940. The Morgan fingerprint density at radius 3 is 2.50 bits per heavy atom. The number of hydrogen-bond acceptors (Lipinski definition) is 3. The Morgan fingerprint density at radius 2 is 2.00 bits per heavy atom. The van der Waals surface area contributed by atoms with Gasteiger partial charge in [-0.2, -0.15) is 0 Å². The summed E-state index contributed by atoms with van der Waals surface area (Å²) in [7, 11) is -3.14. The molecule has 1 aromatic heterocycles. The van der Waals surface area contributed by atoms with Crippen LogP contribution in [0.25, 0.3) is 0 Å². The molecule has 0 aliphatic heterocycles. The maximum absolute atomic E-state index is 11.3. The molecule has 5 heteroatoms. The van der Waals surface area contributed by atoms with E-state index >= 15 is 0 Å². The normalized spacial score (nSPS) is 13.9. The van der Waals surface area contributed by atoms with E-state index in [0.29, 0.717) is 0 Å². The van der Waals surface area contributed by atoms with Gasteiger partial charge in [0.05, 0.1) is 5.75 Å². The predicted molar refractivity (Wildman–Crippen MR) is 55.2 cm³/mol. The molecule has 0 bridgehead atoms. The molecule has 0 saturated heterocycles. The third kappa shape index (κ3) is 3.08. The highest BCUT2D eigenvalue weighted by atomic mass is 32.2. The van der Waals surface area contributed by atoms with Crippen molar-refractivity contribution in [2.75, 3.05) is 5.75 Å². The Labute approximate surface area is 84.4 Å². The molecule has 4 nitrogen and oxygen atoms in total. The standard InChI is InChI=1S/C9H14N2O2S/c1-3-14(12,13)11-8(2)9-4-6-10-7-5-9/h4-8,11H,3H2,1-2H3/t8-/m1/s1. The third-order valence-corrected chi connectivity index (χ3v) is 3.42. The van der Waals surface area contributed by atoms with Crippen LogP contribution < -0.4 is 4.72 Å². The number of rotatable bonds is 4. The van der Waals surface area contributed by atoms with Crippen LogP contribution in [0.4, 0.5) is 0 Å². The van der Waals surface area contributed by atoms with Gasteiger partial charge in [0.15, 0.2) is 0 Å². The molecule has 0 spiro atoms. The summed E-state index contributed by atoms with van der Waals surface area (Å²) in [5, 5.41) is 0. The topological polar surface area (TPSA) is 59.1 Å². The first-order chi connectivity index (χ1) is 6.55. The van der Waals surface area contributed by atoms with Crippen molar-refractivity contribution in [3.63, 3.8) is 0 Å². The maximum atomic E-state index is 11.3. The molecule has 1 heterocycles. The molecule has 0 aliphatic rings. The van der Waals surface area contributed by atoms with Crippen LogP contribution >= 0.6 is 0 Å². The van der Waals surface area contributed by atoms with E-state index < -0.39 is 10.0 Å². The fourth-order valence-electron chi connectivity index (χ4n) is 1.07. The highest BCUT2D eigenvalue weighted by Gasteiger charge is 2.12. The van der Waals surface area contributed by atoms with E-state index in [0.717, 1.165) is 5.56 Å². The number of pyridine rings is 1. The van der Waals surface area contributed by atoms with E-state index in [9.17, 15) is 8.42 Å². The fraction of sp³-hybridized carbons (Fsp3) is 0.444. The molecular formula is C9H14N2O2S. The van der Waals surface area contributed by atoms with Crippen LogP contribution in [0.5, 0.6) is 0 Å². The van der Waals surface area contributed by atoms with Gasteiger partial charge in [-0.25, -0.2) is 13.1 Å². The van der Waals surface area contributed by atoms with E-state index in [-0.39, 0.29) is 11.8 Å². The summed E-state index contributed by atoms with van der Waals surface area (Å²) in [6, 6.07) is 3.38. The van der Waals surface area contributed by atoms with Crippen molar-refractivity contribution in [1.29, 1.82) is 0 Å². The van der Waals surface area contributed by atoms with Crippen LogP contribution in [-0.2, 0) is 10.0 Å². The molecule has 1 N–H and O–H groups in total. The first kappa shape index (κ1) is 11.1. The SMILES string of the molecule is CCS(=O)(=O)N[C@H](C)c1ccncc1. The van der Waals surface area contributed by atoms with Gasteiger partial charge in [-0.15, -0.1) is 0 Å². The van der Waals surface area contributed by atoms with Crippen molar-refractivity contribution in [2.24, 2.45) is 0 Å². The minimum atomic E-state index is -3.14. The van der Waals surface area contributed by atoms with Gasteiger partial charge in [-0.3, -0.25) is 4.98 Å². The van der Waals surface area contributed by atoms with Gasteiger partial charge in [-0.1, -0.05) is 0 Å². The average Bonchev–Trinajstić information content (AvgIpc) is 2.19. The van der Waals surface area contributed by atoms with E-state index in [4.69, 9.17) is 0 Å². The molecule has 14 heavy (non-hydrogen) atoms. The van der Waals surface area contributed by atoms with Gasteiger partial charge in [0, 0.05) is 18.4 Å². The van der Waals surface area contributed by atoms with Gasteiger partial charge >= 0.3 is 0 Å². The summed E-state index contributed by atoms with van der Waals surface area (Å²) in [5.41, 5.74) is 0.914. The van der Waals surface area contributed by atoms with Gasteiger partial charge in [0.25, 0.3) is 0 Å². The van der Waals surface area contributed by atoms with E-state index in [1.54, 1.807) is 31.5 Å². The molecule has 0 saturated carbocycles. The lowest BCUT2D eigenvalue weighted by Gasteiger charge is -2.12. The number of nitrogens with zero attached hydrogens (tertiary/aromatic N) is 1. The fourth-order valence-corrected chi connectivity index (χ4v) is 1.91. The molecule has 1 aromatic rings. The Balaban J connectivity index is 2.74. The van der Waals surface area contributed by atoms with Crippen molar-refractivity contribution in [3.05, 3.63) is 30.1 Å². The highest BCUT2D eigenvalue weighted by Crippen LogP contribution is 2.11. The summed E-state index contributed by atoms with van der Waals surface area (Å²) < 4.78 is 25.1. The number of sulfonamides is 1. The molecule has 1 atom stereocenters. The van der Waals surface area contributed by atoms with Crippen molar-refractivity contribution in [1.82, 2.24) is 9.71 Å². The van der Waals surface area contributed by atoms with Gasteiger partial charge in [-0.05, 0) is 31.5 Å². The molecule has 0 radical (unpaired) electrons. The van der Waals surface area contributed by atoms with Crippen molar-refractivity contribution < 1.29 is 8.42 Å². The van der Waals surface area contributed by atoms with Crippen LogP contribution in [-0.4, -0.2) is 19.2 Å². The van der Waals surface area contributed by atoms with Gasteiger partial charge < -0.3 is 0 Å². The average molecular weight is 214 g/mol. The second-order valence-electron chi connectivity index (χ2n) is 3.02. The zero-order valence-electron chi connectivity index (χ0n) is 8.27. The summed E-state index contributed by atoms with van der Waals surface area (Å²) in [6.45, 7) is 3.42. The molecule has 1 rings (SSSR count). The largest absolute Gasteiger partial charge is 0.265 e. The molecular weight excluding hydrogens is 200 g/mol. The number of aromatic nitrogens is 1. The lowest BCUT2D eigenvalue weighted by atomic mass is 10.1. The van der Waals surface area contributed by atoms with Crippen LogP contribution in [0, 0.1) is 0 Å². The summed E-state index contributed by atoms with van der Waals surface area (Å²) >= 11 is 0. The van der Waals surface area contributed by atoms with E-state index in [2.05, 4.69) is 9.71 Å². The van der Waals surface area contributed by atoms with E-state index in [1.807, 2.05) is 6.92 Å². The van der Waals surface area contributed by atoms with E-state index in [1.165, 1.54) is 0 Å². The van der Waals surface area contributed by atoms with Crippen molar-refractivity contribution >= 4 is 10.0 Å². The number of hydrogen-bond donors (Lipinski definition) is 1. The Kier molecular flexibility index (Phi) is 3.60. The third-order valence-electron chi connectivity index (χ3n) is 1.94. The quantitative estimate of drug-likeness (QED) is 0.816. The first-order valence-electron chi connectivity index (χ1n) is 4.45. The maximum Gasteiger partial charge on any atom is 0.211 e. The Morgan fingerprint density at radius 1 is 1.43 bits per heavy atom. The Bertz CT molecular complexity index is 375. The molecule has 78 valence electrons. The molecule has 0 aromatic carbocycles. The van der Waals surface area contributed by atoms with Gasteiger partial charge in [0.2, 0.25) is 10.0 Å². The molecule has 0 fully saturated rings. The monoisotopic (exact) mass is 214 g/mol. The number of nitrogens with one attached hydrogen (secondary N) is 1. The van der Waals surface area contributed by atoms with Crippen molar-refractivity contribution in [2.45, 2.75) is 19.9 Å². The zero-order valence-corrected chi connectivity index (χ0v) is 9.08. The summed E-state index contributed by atoms with van der Waals surface area (Å²) in [5.74, 6) is 0.0996.